The van der Waals surface area contributed by atoms with Crippen LogP contribution in [0.2, 0.25) is 0 Å². The van der Waals surface area contributed by atoms with Gasteiger partial charge in [-0.15, -0.1) is 0 Å². The molecule has 118 valence electrons. The van der Waals surface area contributed by atoms with E-state index < -0.39 is 0 Å². The zero-order valence-electron chi connectivity index (χ0n) is 14.7. The number of hydrogen-bond donors (Lipinski definition) is 1. The minimum absolute atomic E-state index is 0.130. The second-order valence-electron chi connectivity index (χ2n) is 8.13. The summed E-state index contributed by atoms with van der Waals surface area (Å²) < 4.78 is 0. The van der Waals surface area contributed by atoms with Crippen molar-refractivity contribution in [2.75, 3.05) is 0 Å². The number of hydrogen-bond acceptors (Lipinski definition) is 1. The van der Waals surface area contributed by atoms with Gasteiger partial charge in [-0.3, -0.25) is 0 Å². The second kappa shape index (κ2) is 6.12. The van der Waals surface area contributed by atoms with Crippen molar-refractivity contribution in [2.24, 2.45) is 17.3 Å². The topological polar surface area (TPSA) is 20.2 Å². The van der Waals surface area contributed by atoms with E-state index in [1.807, 2.05) is 0 Å². The minimum Gasteiger partial charge on any atom is -0.393 e. The van der Waals surface area contributed by atoms with Gasteiger partial charge in [-0.05, 0) is 74.0 Å². The van der Waals surface area contributed by atoms with Crippen LogP contribution in [0.15, 0.2) is 12.1 Å². The summed E-state index contributed by atoms with van der Waals surface area (Å²) in [5.74, 6) is 1.10. The van der Waals surface area contributed by atoms with Gasteiger partial charge in [0, 0.05) is 0 Å². The molecule has 0 bridgehead atoms. The summed E-state index contributed by atoms with van der Waals surface area (Å²) in [6, 6.07) is 4.58. The van der Waals surface area contributed by atoms with Gasteiger partial charge in [-0.25, -0.2) is 0 Å². The van der Waals surface area contributed by atoms with Crippen molar-refractivity contribution in [3.63, 3.8) is 0 Å². The van der Waals surface area contributed by atoms with Crippen LogP contribution in [0.1, 0.15) is 62.3 Å². The molecule has 1 saturated carbocycles. The predicted molar refractivity (Wildman–Crippen MR) is 90.6 cm³/mol. The molecule has 0 aromatic heterocycles. The van der Waals surface area contributed by atoms with Crippen molar-refractivity contribution < 1.29 is 5.11 Å². The van der Waals surface area contributed by atoms with E-state index in [1.165, 1.54) is 35.1 Å². The van der Waals surface area contributed by atoms with Crippen LogP contribution in [0.4, 0.5) is 0 Å². The lowest BCUT2D eigenvalue weighted by Crippen LogP contribution is -2.40. The first kappa shape index (κ1) is 16.5. The van der Waals surface area contributed by atoms with Crippen molar-refractivity contribution in [3.05, 3.63) is 34.4 Å². The highest BCUT2D eigenvalue weighted by atomic mass is 16.3. The summed E-state index contributed by atoms with van der Waals surface area (Å²) in [4.78, 5) is 0. The van der Waals surface area contributed by atoms with Crippen molar-refractivity contribution in [3.8, 4) is 0 Å². The maximum atomic E-state index is 10.5. The molecule has 1 aliphatic rings. The Morgan fingerprint density at radius 2 is 1.67 bits per heavy atom. The van der Waals surface area contributed by atoms with Gasteiger partial charge in [-0.2, -0.15) is 0 Å². The van der Waals surface area contributed by atoms with E-state index >= 15 is 0 Å². The van der Waals surface area contributed by atoms with E-state index in [2.05, 4.69) is 53.7 Å². The molecule has 1 aromatic rings. The number of rotatable bonds is 3. The molecule has 1 fully saturated rings. The van der Waals surface area contributed by atoms with E-state index in [9.17, 15) is 5.11 Å². The number of aliphatic hydroxyl groups is 1. The predicted octanol–water partition coefficient (Wildman–Crippen LogP) is 4.98. The van der Waals surface area contributed by atoms with Crippen LogP contribution in [0, 0.1) is 38.0 Å². The molecular formula is C20H32O. The largest absolute Gasteiger partial charge is 0.393 e. The Hall–Kier alpha value is -0.820. The molecule has 1 N–H and O–H groups in total. The van der Waals surface area contributed by atoms with Gasteiger partial charge in [0.1, 0.15) is 0 Å². The van der Waals surface area contributed by atoms with Crippen molar-refractivity contribution in [2.45, 2.75) is 73.3 Å². The number of aliphatic hydroxyl groups excluding tert-OH is 1. The van der Waals surface area contributed by atoms with Crippen molar-refractivity contribution in [1.82, 2.24) is 0 Å². The van der Waals surface area contributed by atoms with Gasteiger partial charge >= 0.3 is 0 Å². The second-order valence-corrected chi connectivity index (χ2v) is 8.13. The quantitative estimate of drug-likeness (QED) is 0.832. The first-order chi connectivity index (χ1) is 9.70. The summed E-state index contributed by atoms with van der Waals surface area (Å²) in [5, 5.41) is 10.5. The summed E-state index contributed by atoms with van der Waals surface area (Å²) in [6.07, 6.45) is 4.34. The lowest BCUT2D eigenvalue weighted by atomic mass is 9.64. The van der Waals surface area contributed by atoms with Gasteiger partial charge in [0.05, 0.1) is 6.10 Å². The van der Waals surface area contributed by atoms with Gasteiger partial charge in [-0.1, -0.05) is 44.9 Å². The highest BCUT2D eigenvalue weighted by Gasteiger charge is 2.38. The molecule has 2 rings (SSSR count). The Balaban J connectivity index is 2.21. The SMILES string of the molecule is Cc1cc(C)c(CC(C)(C)C2CCC(C)CC2O)c(C)c1. The van der Waals surface area contributed by atoms with Crippen LogP contribution in [-0.4, -0.2) is 11.2 Å². The van der Waals surface area contributed by atoms with Crippen LogP contribution >= 0.6 is 0 Å². The van der Waals surface area contributed by atoms with Crippen LogP contribution in [-0.2, 0) is 6.42 Å². The Labute approximate surface area is 130 Å². The van der Waals surface area contributed by atoms with Crippen molar-refractivity contribution >= 4 is 0 Å². The Bertz CT molecular complexity index is 478. The third-order valence-corrected chi connectivity index (χ3v) is 5.56. The van der Waals surface area contributed by atoms with E-state index in [4.69, 9.17) is 0 Å². The molecule has 1 heteroatoms. The Morgan fingerprint density at radius 1 is 1.10 bits per heavy atom. The maximum absolute atomic E-state index is 10.5. The lowest BCUT2D eigenvalue weighted by Gasteiger charge is -2.42. The smallest absolute Gasteiger partial charge is 0.0576 e. The third kappa shape index (κ3) is 3.69. The molecular weight excluding hydrogens is 256 g/mol. The average Bonchev–Trinajstić information content (AvgIpc) is 2.33. The van der Waals surface area contributed by atoms with Gasteiger partial charge in [0.25, 0.3) is 0 Å². The monoisotopic (exact) mass is 288 g/mol. The highest BCUT2D eigenvalue weighted by molar-refractivity contribution is 5.38. The van der Waals surface area contributed by atoms with Crippen LogP contribution in [0.3, 0.4) is 0 Å². The fourth-order valence-electron chi connectivity index (χ4n) is 4.34. The Morgan fingerprint density at radius 3 is 2.19 bits per heavy atom. The number of benzene rings is 1. The van der Waals surface area contributed by atoms with Crippen molar-refractivity contribution in [1.29, 1.82) is 0 Å². The van der Waals surface area contributed by atoms with Gasteiger partial charge in [0.2, 0.25) is 0 Å². The molecule has 0 amide bonds. The van der Waals surface area contributed by atoms with Gasteiger partial charge < -0.3 is 5.11 Å². The zero-order chi connectivity index (χ0) is 15.8. The van der Waals surface area contributed by atoms with E-state index in [0.717, 1.165) is 12.8 Å². The molecule has 0 heterocycles. The summed E-state index contributed by atoms with van der Waals surface area (Å²) >= 11 is 0. The molecule has 0 aliphatic heterocycles. The first-order valence-corrected chi connectivity index (χ1v) is 8.45. The van der Waals surface area contributed by atoms with Crippen LogP contribution < -0.4 is 0 Å². The van der Waals surface area contributed by atoms with E-state index in [-0.39, 0.29) is 11.5 Å². The first-order valence-electron chi connectivity index (χ1n) is 8.45. The molecule has 21 heavy (non-hydrogen) atoms. The molecule has 1 aromatic carbocycles. The normalized spacial score (nSPS) is 26.9. The fourth-order valence-corrected chi connectivity index (χ4v) is 4.34. The summed E-state index contributed by atoms with van der Waals surface area (Å²) in [6.45, 7) is 13.6. The van der Waals surface area contributed by atoms with Crippen LogP contribution in [0.25, 0.3) is 0 Å². The molecule has 0 saturated heterocycles. The van der Waals surface area contributed by atoms with E-state index in [1.54, 1.807) is 0 Å². The molecule has 0 spiro atoms. The summed E-state index contributed by atoms with van der Waals surface area (Å²) in [5.41, 5.74) is 5.79. The molecule has 3 unspecified atom stereocenters. The molecule has 1 nitrogen and oxygen atoms in total. The average molecular weight is 288 g/mol. The van der Waals surface area contributed by atoms with Crippen LogP contribution in [0.5, 0.6) is 0 Å². The Kier molecular flexibility index (Phi) is 4.82. The fraction of sp³-hybridized carbons (Fsp3) is 0.700. The highest BCUT2D eigenvalue weighted by Crippen LogP contribution is 2.43. The number of aryl methyl sites for hydroxylation is 3. The zero-order valence-corrected chi connectivity index (χ0v) is 14.7. The lowest BCUT2D eigenvalue weighted by molar-refractivity contribution is -0.0126. The molecule has 0 radical (unpaired) electrons. The summed E-state index contributed by atoms with van der Waals surface area (Å²) in [7, 11) is 0. The minimum atomic E-state index is -0.130. The molecule has 3 atom stereocenters. The maximum Gasteiger partial charge on any atom is 0.0576 e. The van der Waals surface area contributed by atoms with Gasteiger partial charge in [0.15, 0.2) is 0 Å². The standard InChI is InChI=1S/C20H32O/c1-13-7-8-18(19(21)11-13)20(5,6)12-17-15(3)9-14(2)10-16(17)4/h9-10,13,18-19,21H,7-8,11-12H2,1-6H3. The van der Waals surface area contributed by atoms with E-state index in [0.29, 0.717) is 11.8 Å². The third-order valence-electron chi connectivity index (χ3n) is 5.56. The molecule has 1 aliphatic carbocycles.